The predicted octanol–water partition coefficient (Wildman–Crippen LogP) is 2.89. The number of nitrogens with one attached hydrogen (secondary N) is 1. The number of anilines is 2. The van der Waals surface area contributed by atoms with Crippen LogP contribution in [-0.2, 0) is 9.53 Å². The number of halogens is 2. The number of methoxy groups -OCH3 is 1. The smallest absolute Gasteiger partial charge is 0.234 e. The second-order valence-corrected chi connectivity index (χ2v) is 5.37. The van der Waals surface area contributed by atoms with Crippen LogP contribution in [0.15, 0.2) is 12.1 Å². The van der Waals surface area contributed by atoms with Crippen LogP contribution in [0.3, 0.4) is 0 Å². The molecule has 0 unspecified atom stereocenters. The van der Waals surface area contributed by atoms with Crippen LogP contribution in [0.25, 0.3) is 0 Å². The zero-order chi connectivity index (χ0) is 13.5. The van der Waals surface area contributed by atoms with Crippen molar-refractivity contribution < 1.29 is 9.53 Å². The molecule has 1 aromatic carbocycles. The average Bonchev–Trinajstić information content (AvgIpc) is 2.31. The molecule has 0 aromatic heterocycles. The highest BCUT2D eigenvalue weighted by Crippen LogP contribution is 2.31. The summed E-state index contributed by atoms with van der Waals surface area (Å²) in [5.74, 6) is 1.00. The molecule has 0 aliphatic carbocycles. The van der Waals surface area contributed by atoms with E-state index < -0.39 is 0 Å². The number of thioether (sulfide) groups is 1. The Bertz CT molecular complexity index is 406. The molecular weight excluding hydrogens is 295 g/mol. The number of ether oxygens (including phenoxy) is 1. The summed E-state index contributed by atoms with van der Waals surface area (Å²) in [6, 6.07) is 3.14. The van der Waals surface area contributed by atoms with Crippen molar-refractivity contribution in [3.63, 3.8) is 0 Å². The van der Waals surface area contributed by atoms with Gasteiger partial charge in [0.05, 0.1) is 28.1 Å². The summed E-state index contributed by atoms with van der Waals surface area (Å²) in [4.78, 5) is 11.6. The molecule has 3 N–H and O–H groups in total. The fourth-order valence-corrected chi connectivity index (χ4v) is 2.33. The first kappa shape index (κ1) is 15.4. The second kappa shape index (κ2) is 7.74. The fourth-order valence-electron chi connectivity index (χ4n) is 1.16. The number of amides is 1. The van der Waals surface area contributed by atoms with E-state index in [9.17, 15) is 4.79 Å². The van der Waals surface area contributed by atoms with Crippen molar-refractivity contribution in [2.24, 2.45) is 0 Å². The largest absolute Gasteiger partial charge is 0.396 e. The Morgan fingerprint density at radius 1 is 1.44 bits per heavy atom. The molecule has 0 aliphatic rings. The van der Waals surface area contributed by atoms with E-state index in [-0.39, 0.29) is 5.91 Å². The van der Waals surface area contributed by atoms with E-state index in [1.807, 2.05) is 0 Å². The Morgan fingerprint density at radius 3 is 2.61 bits per heavy atom. The highest BCUT2D eigenvalue weighted by Gasteiger charge is 2.07. The molecule has 0 radical (unpaired) electrons. The van der Waals surface area contributed by atoms with Crippen LogP contribution in [0, 0.1) is 0 Å². The number of carbonyl (C=O) groups is 1. The monoisotopic (exact) mass is 308 g/mol. The van der Waals surface area contributed by atoms with Crippen molar-refractivity contribution in [3.05, 3.63) is 22.2 Å². The summed E-state index contributed by atoms with van der Waals surface area (Å²) < 4.78 is 4.89. The molecule has 0 atom stereocenters. The van der Waals surface area contributed by atoms with E-state index in [1.165, 1.54) is 11.8 Å². The van der Waals surface area contributed by atoms with E-state index in [4.69, 9.17) is 33.7 Å². The first-order valence-corrected chi connectivity index (χ1v) is 7.06. The maximum atomic E-state index is 11.6. The van der Waals surface area contributed by atoms with Crippen LogP contribution in [0.5, 0.6) is 0 Å². The SMILES string of the molecule is COCCSCC(=O)Nc1cc(Cl)c(N)c(Cl)c1. The van der Waals surface area contributed by atoms with E-state index in [0.717, 1.165) is 5.75 Å². The van der Waals surface area contributed by atoms with Crippen LogP contribution in [0.1, 0.15) is 0 Å². The summed E-state index contributed by atoms with van der Waals surface area (Å²) in [6.07, 6.45) is 0. The third kappa shape index (κ3) is 4.94. The third-order valence-electron chi connectivity index (χ3n) is 2.03. The summed E-state index contributed by atoms with van der Waals surface area (Å²) in [6.45, 7) is 0.622. The molecule has 1 amide bonds. The molecule has 0 saturated heterocycles. The Balaban J connectivity index is 2.49. The van der Waals surface area contributed by atoms with Gasteiger partial charge in [0.25, 0.3) is 0 Å². The van der Waals surface area contributed by atoms with E-state index in [2.05, 4.69) is 5.32 Å². The Labute approximate surface area is 120 Å². The highest BCUT2D eigenvalue weighted by molar-refractivity contribution is 7.99. The van der Waals surface area contributed by atoms with Gasteiger partial charge in [0.1, 0.15) is 0 Å². The fraction of sp³-hybridized carbons (Fsp3) is 0.364. The van der Waals surface area contributed by atoms with Gasteiger partial charge in [-0.05, 0) is 12.1 Å². The standard InChI is InChI=1S/C11H14Cl2N2O2S/c1-17-2-3-18-6-10(16)15-7-4-8(12)11(14)9(13)5-7/h4-5H,2-3,6,14H2,1H3,(H,15,16). The zero-order valence-corrected chi connectivity index (χ0v) is 12.2. The van der Waals surface area contributed by atoms with Crippen LogP contribution in [0.4, 0.5) is 11.4 Å². The molecule has 4 nitrogen and oxygen atoms in total. The number of hydrogen-bond acceptors (Lipinski definition) is 4. The van der Waals surface area contributed by atoms with E-state index >= 15 is 0 Å². The van der Waals surface area contributed by atoms with Gasteiger partial charge < -0.3 is 15.8 Å². The van der Waals surface area contributed by atoms with Gasteiger partial charge in [0.2, 0.25) is 5.91 Å². The number of hydrogen-bond donors (Lipinski definition) is 2. The van der Waals surface area contributed by atoms with Gasteiger partial charge in [-0.3, -0.25) is 4.79 Å². The Hall–Kier alpha value is -0.620. The van der Waals surface area contributed by atoms with Crippen molar-refractivity contribution in [3.8, 4) is 0 Å². The molecule has 1 rings (SSSR count). The molecule has 100 valence electrons. The molecular formula is C11H14Cl2N2O2S. The van der Waals surface area contributed by atoms with Crippen LogP contribution >= 0.6 is 35.0 Å². The third-order valence-corrected chi connectivity index (χ3v) is 3.57. The first-order valence-electron chi connectivity index (χ1n) is 5.15. The van der Waals surface area contributed by atoms with Crippen molar-refractivity contribution in [1.82, 2.24) is 0 Å². The van der Waals surface area contributed by atoms with Gasteiger partial charge in [-0.1, -0.05) is 23.2 Å². The topological polar surface area (TPSA) is 64.3 Å². The predicted molar refractivity (Wildman–Crippen MR) is 78.7 cm³/mol. The second-order valence-electron chi connectivity index (χ2n) is 3.45. The van der Waals surface area contributed by atoms with E-state index in [0.29, 0.717) is 33.8 Å². The number of nitrogens with two attached hydrogens (primary N) is 1. The van der Waals surface area contributed by atoms with Crippen molar-refractivity contribution >= 4 is 52.2 Å². The molecule has 0 spiro atoms. The van der Waals surface area contributed by atoms with Crippen LogP contribution in [-0.4, -0.2) is 31.1 Å². The number of benzene rings is 1. The molecule has 18 heavy (non-hydrogen) atoms. The molecule has 0 aliphatic heterocycles. The minimum absolute atomic E-state index is 0.118. The number of rotatable bonds is 6. The van der Waals surface area contributed by atoms with Gasteiger partial charge in [-0.2, -0.15) is 0 Å². The quantitative estimate of drug-likeness (QED) is 0.626. The van der Waals surface area contributed by atoms with Gasteiger partial charge >= 0.3 is 0 Å². The minimum atomic E-state index is -0.118. The van der Waals surface area contributed by atoms with Crippen molar-refractivity contribution in [2.75, 3.05) is 36.3 Å². The van der Waals surface area contributed by atoms with Crippen LogP contribution in [0.2, 0.25) is 10.0 Å². The lowest BCUT2D eigenvalue weighted by molar-refractivity contribution is -0.113. The molecule has 0 saturated carbocycles. The molecule has 0 fully saturated rings. The lowest BCUT2D eigenvalue weighted by atomic mass is 10.3. The Kier molecular flexibility index (Phi) is 6.63. The summed E-state index contributed by atoms with van der Waals surface area (Å²) in [7, 11) is 1.62. The van der Waals surface area contributed by atoms with Crippen molar-refractivity contribution in [2.45, 2.75) is 0 Å². The lowest BCUT2D eigenvalue weighted by Gasteiger charge is -2.08. The Morgan fingerprint density at radius 2 is 2.06 bits per heavy atom. The van der Waals surface area contributed by atoms with Gasteiger partial charge in [-0.15, -0.1) is 11.8 Å². The normalized spacial score (nSPS) is 10.4. The number of nitrogen functional groups attached to an aromatic ring is 1. The molecule has 1 aromatic rings. The van der Waals surface area contributed by atoms with Gasteiger partial charge in [0, 0.05) is 18.6 Å². The summed E-state index contributed by atoms with van der Waals surface area (Å²) in [5, 5.41) is 3.35. The maximum Gasteiger partial charge on any atom is 0.234 e. The highest BCUT2D eigenvalue weighted by atomic mass is 35.5. The number of carbonyl (C=O) groups excluding carboxylic acids is 1. The van der Waals surface area contributed by atoms with Crippen LogP contribution < -0.4 is 11.1 Å². The molecule has 7 heteroatoms. The molecule has 0 bridgehead atoms. The minimum Gasteiger partial charge on any atom is -0.396 e. The molecule has 0 heterocycles. The summed E-state index contributed by atoms with van der Waals surface area (Å²) in [5.41, 5.74) is 6.45. The lowest BCUT2D eigenvalue weighted by Crippen LogP contribution is -2.15. The summed E-state index contributed by atoms with van der Waals surface area (Å²) >= 11 is 13.2. The van der Waals surface area contributed by atoms with E-state index in [1.54, 1.807) is 19.2 Å². The zero-order valence-electron chi connectivity index (χ0n) is 9.83. The van der Waals surface area contributed by atoms with Gasteiger partial charge in [0.15, 0.2) is 0 Å². The van der Waals surface area contributed by atoms with Gasteiger partial charge in [-0.25, -0.2) is 0 Å². The first-order chi connectivity index (χ1) is 8.54. The van der Waals surface area contributed by atoms with Crippen molar-refractivity contribution in [1.29, 1.82) is 0 Å². The maximum absolute atomic E-state index is 11.6. The average molecular weight is 309 g/mol.